The number of benzene rings is 2. The molecular weight excluding hydrogens is 297 g/mol. The molecule has 2 aromatic rings. The van der Waals surface area contributed by atoms with Gasteiger partial charge in [-0.15, -0.1) is 0 Å². The van der Waals surface area contributed by atoms with Crippen molar-refractivity contribution in [2.45, 2.75) is 13.3 Å². The molecule has 2 aromatic carbocycles. The molecule has 0 unspecified atom stereocenters. The standard InChI is InChI=1S/C18H20FNO3/c1-13-4-3-5-15(10-13)23-12-18(21)20-9-8-14-6-7-17(22-2)16(19)11-14/h3-7,10-11H,8-9,12H2,1-2H3,(H,20,21). The van der Waals surface area contributed by atoms with Gasteiger partial charge >= 0.3 is 0 Å². The summed E-state index contributed by atoms with van der Waals surface area (Å²) in [6.45, 7) is 2.34. The van der Waals surface area contributed by atoms with Crippen LogP contribution in [0.2, 0.25) is 0 Å². The van der Waals surface area contributed by atoms with Gasteiger partial charge < -0.3 is 14.8 Å². The highest BCUT2D eigenvalue weighted by atomic mass is 19.1. The molecule has 0 aliphatic rings. The number of amides is 1. The van der Waals surface area contributed by atoms with E-state index in [4.69, 9.17) is 9.47 Å². The van der Waals surface area contributed by atoms with E-state index in [-0.39, 0.29) is 18.3 Å². The largest absolute Gasteiger partial charge is 0.494 e. The van der Waals surface area contributed by atoms with Crippen molar-refractivity contribution in [2.24, 2.45) is 0 Å². The Balaban J connectivity index is 1.73. The predicted octanol–water partition coefficient (Wildman–Crippen LogP) is 2.88. The summed E-state index contributed by atoms with van der Waals surface area (Å²) >= 11 is 0. The number of methoxy groups -OCH3 is 1. The van der Waals surface area contributed by atoms with Gasteiger partial charge in [-0.05, 0) is 48.7 Å². The summed E-state index contributed by atoms with van der Waals surface area (Å²) in [4.78, 5) is 11.7. The summed E-state index contributed by atoms with van der Waals surface area (Å²) in [5.74, 6) is 0.265. The molecule has 0 saturated carbocycles. The van der Waals surface area contributed by atoms with Gasteiger partial charge in [0.15, 0.2) is 18.2 Å². The maximum atomic E-state index is 13.5. The van der Waals surface area contributed by atoms with E-state index in [1.165, 1.54) is 13.2 Å². The van der Waals surface area contributed by atoms with Crippen molar-refractivity contribution in [3.8, 4) is 11.5 Å². The molecule has 0 aliphatic carbocycles. The highest BCUT2D eigenvalue weighted by Gasteiger charge is 2.05. The number of hydrogen-bond donors (Lipinski definition) is 1. The molecule has 0 atom stereocenters. The summed E-state index contributed by atoms with van der Waals surface area (Å²) < 4.78 is 23.8. The van der Waals surface area contributed by atoms with Crippen molar-refractivity contribution < 1.29 is 18.7 Å². The Morgan fingerprint density at radius 1 is 1.22 bits per heavy atom. The van der Waals surface area contributed by atoms with Gasteiger partial charge in [0.25, 0.3) is 5.91 Å². The van der Waals surface area contributed by atoms with Crippen LogP contribution in [0.5, 0.6) is 11.5 Å². The van der Waals surface area contributed by atoms with E-state index >= 15 is 0 Å². The van der Waals surface area contributed by atoms with Gasteiger partial charge in [-0.2, -0.15) is 0 Å². The van der Waals surface area contributed by atoms with E-state index in [2.05, 4.69) is 5.32 Å². The second kappa shape index (κ2) is 8.17. The minimum atomic E-state index is -0.404. The minimum Gasteiger partial charge on any atom is -0.494 e. The van der Waals surface area contributed by atoms with Crippen LogP contribution < -0.4 is 14.8 Å². The third-order valence-corrected chi connectivity index (χ3v) is 3.31. The minimum absolute atomic E-state index is 0.0412. The second-order valence-electron chi connectivity index (χ2n) is 5.17. The monoisotopic (exact) mass is 317 g/mol. The van der Waals surface area contributed by atoms with E-state index in [9.17, 15) is 9.18 Å². The number of rotatable bonds is 7. The van der Waals surface area contributed by atoms with Crippen molar-refractivity contribution in [1.82, 2.24) is 5.32 Å². The number of carbonyl (C=O) groups is 1. The van der Waals surface area contributed by atoms with Crippen LogP contribution in [0.15, 0.2) is 42.5 Å². The number of aryl methyl sites for hydroxylation is 1. The fourth-order valence-corrected chi connectivity index (χ4v) is 2.12. The molecule has 0 fully saturated rings. The first-order valence-corrected chi connectivity index (χ1v) is 7.37. The number of carbonyl (C=O) groups excluding carboxylic acids is 1. The highest BCUT2D eigenvalue weighted by molar-refractivity contribution is 5.77. The first kappa shape index (κ1) is 16.8. The van der Waals surface area contributed by atoms with Gasteiger partial charge in [-0.25, -0.2) is 4.39 Å². The van der Waals surface area contributed by atoms with Gasteiger partial charge in [0.05, 0.1) is 7.11 Å². The van der Waals surface area contributed by atoms with E-state index in [1.807, 2.05) is 25.1 Å². The lowest BCUT2D eigenvalue weighted by Gasteiger charge is -2.09. The van der Waals surface area contributed by atoms with Crippen LogP contribution in [-0.2, 0) is 11.2 Å². The summed E-state index contributed by atoms with van der Waals surface area (Å²) in [6.07, 6.45) is 0.539. The molecule has 0 aromatic heterocycles. The molecule has 0 bridgehead atoms. The molecule has 122 valence electrons. The van der Waals surface area contributed by atoms with Crippen LogP contribution >= 0.6 is 0 Å². The fourth-order valence-electron chi connectivity index (χ4n) is 2.12. The molecular formula is C18H20FNO3. The Morgan fingerprint density at radius 2 is 2.04 bits per heavy atom. The van der Waals surface area contributed by atoms with E-state index in [1.54, 1.807) is 18.2 Å². The smallest absolute Gasteiger partial charge is 0.257 e. The zero-order valence-corrected chi connectivity index (χ0v) is 13.3. The molecule has 5 heteroatoms. The number of ether oxygens (including phenoxy) is 2. The normalized spacial score (nSPS) is 10.2. The van der Waals surface area contributed by atoms with Crippen LogP contribution in [0, 0.1) is 12.7 Å². The molecule has 23 heavy (non-hydrogen) atoms. The van der Waals surface area contributed by atoms with Crippen molar-refractivity contribution in [2.75, 3.05) is 20.3 Å². The maximum absolute atomic E-state index is 13.5. The van der Waals surface area contributed by atoms with Gasteiger partial charge in [-0.1, -0.05) is 18.2 Å². The molecule has 1 amide bonds. The molecule has 1 N–H and O–H groups in total. The molecule has 2 rings (SSSR count). The predicted molar refractivity (Wildman–Crippen MR) is 86.3 cm³/mol. The molecule has 0 aliphatic heterocycles. The summed E-state index contributed by atoms with van der Waals surface area (Å²) in [6, 6.07) is 12.3. The summed E-state index contributed by atoms with van der Waals surface area (Å²) in [5, 5.41) is 2.75. The quantitative estimate of drug-likeness (QED) is 0.854. The Kier molecular flexibility index (Phi) is 5.97. The van der Waals surface area contributed by atoms with Crippen LogP contribution in [0.25, 0.3) is 0 Å². The maximum Gasteiger partial charge on any atom is 0.257 e. The van der Waals surface area contributed by atoms with Crippen LogP contribution in [0.4, 0.5) is 4.39 Å². The average Bonchev–Trinajstić information content (AvgIpc) is 2.53. The zero-order chi connectivity index (χ0) is 16.7. The van der Waals surface area contributed by atoms with Gasteiger partial charge in [0.2, 0.25) is 0 Å². The zero-order valence-electron chi connectivity index (χ0n) is 13.3. The lowest BCUT2D eigenvalue weighted by molar-refractivity contribution is -0.123. The first-order chi connectivity index (χ1) is 11.1. The summed E-state index contributed by atoms with van der Waals surface area (Å²) in [7, 11) is 1.42. The van der Waals surface area contributed by atoms with E-state index in [0.717, 1.165) is 11.1 Å². The molecule has 4 nitrogen and oxygen atoms in total. The highest BCUT2D eigenvalue weighted by Crippen LogP contribution is 2.17. The van der Waals surface area contributed by atoms with Crippen LogP contribution in [0.1, 0.15) is 11.1 Å². The second-order valence-corrected chi connectivity index (χ2v) is 5.17. The molecule has 0 radical (unpaired) electrons. The number of nitrogens with one attached hydrogen (secondary N) is 1. The summed E-state index contributed by atoms with van der Waals surface area (Å²) in [5.41, 5.74) is 1.87. The van der Waals surface area contributed by atoms with E-state index in [0.29, 0.717) is 18.7 Å². The third kappa shape index (κ3) is 5.29. The Bertz CT molecular complexity index is 673. The van der Waals surface area contributed by atoms with Crippen molar-refractivity contribution in [1.29, 1.82) is 0 Å². The van der Waals surface area contributed by atoms with Gasteiger partial charge in [-0.3, -0.25) is 4.79 Å². The van der Waals surface area contributed by atoms with Gasteiger partial charge in [0.1, 0.15) is 5.75 Å². The lowest BCUT2D eigenvalue weighted by atomic mass is 10.1. The van der Waals surface area contributed by atoms with Crippen molar-refractivity contribution in [3.05, 3.63) is 59.4 Å². The Morgan fingerprint density at radius 3 is 2.74 bits per heavy atom. The fraction of sp³-hybridized carbons (Fsp3) is 0.278. The van der Waals surface area contributed by atoms with Crippen LogP contribution in [0.3, 0.4) is 0 Å². The van der Waals surface area contributed by atoms with Gasteiger partial charge in [0, 0.05) is 6.54 Å². The number of halogens is 1. The Hall–Kier alpha value is -2.56. The van der Waals surface area contributed by atoms with E-state index < -0.39 is 5.82 Å². The first-order valence-electron chi connectivity index (χ1n) is 7.37. The molecule has 0 heterocycles. The third-order valence-electron chi connectivity index (χ3n) is 3.31. The lowest BCUT2D eigenvalue weighted by Crippen LogP contribution is -2.30. The topological polar surface area (TPSA) is 47.6 Å². The Labute approximate surface area is 135 Å². The number of hydrogen-bond acceptors (Lipinski definition) is 3. The SMILES string of the molecule is COc1ccc(CCNC(=O)COc2cccc(C)c2)cc1F. The molecule has 0 spiro atoms. The molecule has 0 saturated heterocycles. The van der Waals surface area contributed by atoms with Crippen LogP contribution in [-0.4, -0.2) is 26.2 Å². The average molecular weight is 317 g/mol. The van der Waals surface area contributed by atoms with Crippen molar-refractivity contribution in [3.63, 3.8) is 0 Å². The van der Waals surface area contributed by atoms with Crippen molar-refractivity contribution >= 4 is 5.91 Å².